The van der Waals surface area contributed by atoms with Gasteiger partial charge in [0, 0.05) is 26.2 Å². The molecule has 1 N–H and O–H groups in total. The Morgan fingerprint density at radius 1 is 1.10 bits per heavy atom. The predicted molar refractivity (Wildman–Crippen MR) is 111 cm³/mol. The summed E-state index contributed by atoms with van der Waals surface area (Å²) in [4.78, 5) is 30.5. The number of aliphatic hydroxyl groups is 1. The highest BCUT2D eigenvalue weighted by molar-refractivity contribution is 7.12. The zero-order chi connectivity index (χ0) is 20.2. The van der Waals surface area contributed by atoms with Crippen LogP contribution in [0.1, 0.15) is 27.7 Å². The van der Waals surface area contributed by atoms with E-state index in [4.69, 9.17) is 4.74 Å². The van der Waals surface area contributed by atoms with Crippen LogP contribution < -0.4 is 0 Å². The van der Waals surface area contributed by atoms with Crippen LogP contribution in [0.3, 0.4) is 0 Å². The van der Waals surface area contributed by atoms with Crippen molar-refractivity contribution in [2.24, 2.45) is 0 Å². The fraction of sp³-hybridized carbons (Fsp3) is 0.364. The van der Waals surface area contributed by atoms with E-state index in [0.29, 0.717) is 11.4 Å². The summed E-state index contributed by atoms with van der Waals surface area (Å²) < 4.78 is 5.38. The maximum absolute atomic E-state index is 13.1. The molecule has 1 aromatic heterocycles. The molecule has 7 heteroatoms. The summed E-state index contributed by atoms with van der Waals surface area (Å²) >= 11 is 1.31. The number of ether oxygens (including phenoxy) is 1. The molecule has 1 aromatic carbocycles. The molecule has 29 heavy (non-hydrogen) atoms. The molecule has 1 atom stereocenters. The number of ketones is 1. The van der Waals surface area contributed by atoms with Gasteiger partial charge in [-0.3, -0.25) is 14.5 Å². The number of nitrogens with zero attached hydrogens (tertiary/aromatic N) is 2. The van der Waals surface area contributed by atoms with E-state index in [1.807, 2.05) is 35.7 Å². The summed E-state index contributed by atoms with van der Waals surface area (Å²) in [6, 6.07) is 12.4. The molecule has 4 rings (SSSR count). The number of rotatable bonds is 7. The standard InChI is InChI=1S/C22H24N2O4S/c25-20(17-8-4-15-29-17)18-19(16-6-2-1-3-7-16)24(22(27)21(18)26)10-5-9-23-11-13-28-14-12-23/h1-4,6-8,15,19,26H,5,9-14H2/t19-/m1/s1. The lowest BCUT2D eigenvalue weighted by molar-refractivity contribution is -0.129. The van der Waals surface area contributed by atoms with Crippen LogP contribution in [0.4, 0.5) is 0 Å². The van der Waals surface area contributed by atoms with E-state index >= 15 is 0 Å². The molecule has 1 saturated heterocycles. The first-order chi connectivity index (χ1) is 14.2. The van der Waals surface area contributed by atoms with E-state index in [-0.39, 0.29) is 11.4 Å². The number of morpholine rings is 1. The molecular weight excluding hydrogens is 388 g/mol. The molecule has 0 aliphatic carbocycles. The van der Waals surface area contributed by atoms with Crippen molar-refractivity contribution < 1.29 is 19.4 Å². The van der Waals surface area contributed by atoms with Crippen molar-refractivity contribution in [2.75, 3.05) is 39.4 Å². The Labute approximate surface area is 174 Å². The van der Waals surface area contributed by atoms with Gasteiger partial charge in [0.15, 0.2) is 5.76 Å². The Bertz CT molecular complexity index is 889. The topological polar surface area (TPSA) is 70.1 Å². The number of aliphatic hydroxyl groups excluding tert-OH is 1. The average Bonchev–Trinajstić information content (AvgIpc) is 3.38. The van der Waals surface area contributed by atoms with E-state index in [1.54, 1.807) is 17.0 Å². The maximum atomic E-state index is 13.1. The molecule has 0 radical (unpaired) electrons. The van der Waals surface area contributed by atoms with Gasteiger partial charge in [0.25, 0.3) is 5.91 Å². The lowest BCUT2D eigenvalue weighted by atomic mass is 9.95. The summed E-state index contributed by atoms with van der Waals surface area (Å²) in [6.45, 7) is 4.57. The molecule has 1 amide bonds. The van der Waals surface area contributed by atoms with Gasteiger partial charge in [-0.2, -0.15) is 0 Å². The van der Waals surface area contributed by atoms with E-state index in [2.05, 4.69) is 4.90 Å². The Morgan fingerprint density at radius 2 is 1.86 bits per heavy atom. The monoisotopic (exact) mass is 412 g/mol. The second-order valence-electron chi connectivity index (χ2n) is 7.19. The van der Waals surface area contributed by atoms with E-state index < -0.39 is 17.7 Å². The zero-order valence-electron chi connectivity index (χ0n) is 16.1. The molecule has 3 heterocycles. The lowest BCUT2D eigenvalue weighted by Crippen LogP contribution is -2.39. The number of thiophene rings is 1. The summed E-state index contributed by atoms with van der Waals surface area (Å²) in [6.07, 6.45) is 0.767. The molecular formula is C22H24N2O4S. The minimum atomic E-state index is -0.567. The van der Waals surface area contributed by atoms with Crippen LogP contribution in [0.25, 0.3) is 0 Å². The van der Waals surface area contributed by atoms with Gasteiger partial charge < -0.3 is 14.7 Å². The third-order valence-electron chi connectivity index (χ3n) is 5.39. The van der Waals surface area contributed by atoms with Crippen molar-refractivity contribution >= 4 is 23.0 Å². The maximum Gasteiger partial charge on any atom is 0.290 e. The van der Waals surface area contributed by atoms with Crippen molar-refractivity contribution in [2.45, 2.75) is 12.5 Å². The molecule has 152 valence electrons. The summed E-state index contributed by atoms with van der Waals surface area (Å²) in [5.41, 5.74) is 1.01. The van der Waals surface area contributed by atoms with Gasteiger partial charge in [0.1, 0.15) is 0 Å². The van der Waals surface area contributed by atoms with Crippen molar-refractivity contribution in [1.29, 1.82) is 0 Å². The zero-order valence-corrected chi connectivity index (χ0v) is 16.9. The molecule has 2 aliphatic heterocycles. The highest BCUT2D eigenvalue weighted by Crippen LogP contribution is 2.39. The lowest BCUT2D eigenvalue weighted by Gasteiger charge is -2.30. The van der Waals surface area contributed by atoms with Crippen LogP contribution in [-0.4, -0.2) is 66.0 Å². The van der Waals surface area contributed by atoms with Gasteiger partial charge in [0.05, 0.1) is 29.7 Å². The van der Waals surface area contributed by atoms with Gasteiger partial charge in [-0.1, -0.05) is 36.4 Å². The number of carbonyl (C=O) groups is 2. The smallest absolute Gasteiger partial charge is 0.290 e. The Balaban J connectivity index is 1.57. The summed E-state index contributed by atoms with van der Waals surface area (Å²) in [5.74, 6) is -1.18. The number of hydrogen-bond acceptors (Lipinski definition) is 6. The summed E-state index contributed by atoms with van der Waals surface area (Å²) in [5, 5.41) is 12.4. The number of carbonyl (C=O) groups excluding carboxylic acids is 2. The largest absolute Gasteiger partial charge is 0.503 e. The number of benzene rings is 1. The molecule has 1 fully saturated rings. The van der Waals surface area contributed by atoms with Crippen LogP contribution in [0.15, 0.2) is 59.2 Å². The van der Waals surface area contributed by atoms with E-state index in [0.717, 1.165) is 44.8 Å². The van der Waals surface area contributed by atoms with Crippen LogP contribution in [0.2, 0.25) is 0 Å². The van der Waals surface area contributed by atoms with Crippen LogP contribution in [0.5, 0.6) is 0 Å². The average molecular weight is 413 g/mol. The third kappa shape index (κ3) is 4.12. The van der Waals surface area contributed by atoms with E-state index in [9.17, 15) is 14.7 Å². The molecule has 0 unspecified atom stereocenters. The van der Waals surface area contributed by atoms with Crippen molar-refractivity contribution in [3.8, 4) is 0 Å². The van der Waals surface area contributed by atoms with Crippen LogP contribution in [0, 0.1) is 0 Å². The minimum Gasteiger partial charge on any atom is -0.503 e. The molecule has 0 saturated carbocycles. The van der Waals surface area contributed by atoms with Gasteiger partial charge in [-0.15, -0.1) is 11.3 Å². The normalized spacial score (nSPS) is 20.5. The van der Waals surface area contributed by atoms with Gasteiger partial charge in [-0.25, -0.2) is 0 Å². The fourth-order valence-corrected chi connectivity index (χ4v) is 4.61. The highest BCUT2D eigenvalue weighted by Gasteiger charge is 2.43. The number of Topliss-reactive ketones (excluding diaryl/α,β-unsaturated/α-hetero) is 1. The Kier molecular flexibility index (Phi) is 6.08. The Morgan fingerprint density at radius 3 is 2.55 bits per heavy atom. The van der Waals surface area contributed by atoms with Crippen molar-refractivity contribution in [3.05, 3.63) is 69.6 Å². The highest BCUT2D eigenvalue weighted by atomic mass is 32.1. The predicted octanol–water partition coefficient (Wildman–Crippen LogP) is 3.05. The fourth-order valence-electron chi connectivity index (χ4n) is 3.93. The SMILES string of the molecule is O=C(C1=C(O)C(=O)N(CCCN2CCOCC2)[C@@H]1c1ccccc1)c1cccs1. The van der Waals surface area contributed by atoms with Gasteiger partial charge >= 0.3 is 0 Å². The second kappa shape index (κ2) is 8.90. The molecule has 2 aliphatic rings. The Hall–Kier alpha value is -2.48. The molecule has 6 nitrogen and oxygen atoms in total. The van der Waals surface area contributed by atoms with Crippen LogP contribution >= 0.6 is 11.3 Å². The first-order valence-corrected chi connectivity index (χ1v) is 10.7. The van der Waals surface area contributed by atoms with Gasteiger partial charge in [0.2, 0.25) is 5.78 Å². The minimum absolute atomic E-state index is 0.176. The van der Waals surface area contributed by atoms with Crippen molar-refractivity contribution in [3.63, 3.8) is 0 Å². The molecule has 0 spiro atoms. The second-order valence-corrected chi connectivity index (χ2v) is 8.14. The van der Waals surface area contributed by atoms with Gasteiger partial charge in [-0.05, 0) is 23.4 Å². The number of amides is 1. The quantitative estimate of drug-likeness (QED) is 0.708. The van der Waals surface area contributed by atoms with E-state index in [1.165, 1.54) is 11.3 Å². The third-order valence-corrected chi connectivity index (χ3v) is 6.25. The first-order valence-electron chi connectivity index (χ1n) is 9.84. The summed E-state index contributed by atoms with van der Waals surface area (Å²) in [7, 11) is 0. The molecule has 2 aromatic rings. The van der Waals surface area contributed by atoms with Crippen LogP contribution in [-0.2, 0) is 9.53 Å². The first kappa shape index (κ1) is 19.8. The number of hydrogen-bond donors (Lipinski definition) is 1. The van der Waals surface area contributed by atoms with Crippen molar-refractivity contribution in [1.82, 2.24) is 9.80 Å². The molecule has 0 bridgehead atoms.